The summed E-state index contributed by atoms with van der Waals surface area (Å²) in [5.41, 5.74) is 4.29. The molecule has 4 rings (SSSR count). The van der Waals surface area contributed by atoms with Crippen molar-refractivity contribution >= 4 is 46.3 Å². The molecule has 0 radical (unpaired) electrons. The first-order valence-electron chi connectivity index (χ1n) is 10.8. The van der Waals surface area contributed by atoms with Gasteiger partial charge in [-0.3, -0.25) is 9.59 Å². The van der Waals surface area contributed by atoms with Gasteiger partial charge in [-0.15, -0.1) is 0 Å². The van der Waals surface area contributed by atoms with E-state index < -0.39 is 0 Å². The first-order chi connectivity index (χ1) is 16.4. The van der Waals surface area contributed by atoms with E-state index in [1.807, 2.05) is 75.4 Å². The van der Waals surface area contributed by atoms with Crippen LogP contribution in [0.25, 0.3) is 6.08 Å². The molecule has 3 aromatic carbocycles. The lowest BCUT2D eigenvalue weighted by atomic mass is 10.1. The van der Waals surface area contributed by atoms with Crippen molar-refractivity contribution in [2.75, 3.05) is 11.5 Å². The Morgan fingerprint density at radius 1 is 0.941 bits per heavy atom. The van der Waals surface area contributed by atoms with Crippen molar-refractivity contribution in [1.82, 2.24) is 0 Å². The number of imide groups is 1. The van der Waals surface area contributed by atoms with Crippen LogP contribution >= 0.6 is 23.4 Å². The summed E-state index contributed by atoms with van der Waals surface area (Å²) in [4.78, 5) is 27.3. The highest BCUT2D eigenvalue weighted by molar-refractivity contribution is 8.19. The van der Waals surface area contributed by atoms with Crippen molar-refractivity contribution in [3.05, 3.63) is 92.8 Å². The van der Waals surface area contributed by atoms with Crippen LogP contribution in [0, 0.1) is 13.8 Å². The highest BCUT2D eigenvalue weighted by Crippen LogP contribution is 2.38. The number of ether oxygens (including phenoxy) is 2. The lowest BCUT2D eigenvalue weighted by Crippen LogP contribution is -2.28. The number of thioether (sulfide) groups is 1. The summed E-state index contributed by atoms with van der Waals surface area (Å²) in [6.07, 6.45) is 1.71. The number of nitrogens with zero attached hydrogens (tertiary/aromatic N) is 1. The molecule has 34 heavy (non-hydrogen) atoms. The Morgan fingerprint density at radius 3 is 2.41 bits per heavy atom. The van der Waals surface area contributed by atoms with E-state index in [4.69, 9.17) is 21.1 Å². The SMILES string of the molecule is CCOc1cc(/C=C2\SC(=O)N(c3ccc(C)cc3C)C2=O)ccc1OCc1ccc(Cl)cc1. The van der Waals surface area contributed by atoms with Crippen molar-refractivity contribution < 1.29 is 19.1 Å². The van der Waals surface area contributed by atoms with Crippen LogP contribution < -0.4 is 14.4 Å². The van der Waals surface area contributed by atoms with E-state index in [0.717, 1.165) is 34.0 Å². The third kappa shape index (κ3) is 5.29. The van der Waals surface area contributed by atoms with Crippen molar-refractivity contribution in [2.24, 2.45) is 0 Å². The van der Waals surface area contributed by atoms with Gasteiger partial charge in [-0.05, 0) is 85.6 Å². The van der Waals surface area contributed by atoms with Gasteiger partial charge in [0.25, 0.3) is 11.1 Å². The second-order valence-corrected chi connectivity index (χ2v) is 9.29. The second kappa shape index (κ2) is 10.4. The van der Waals surface area contributed by atoms with Gasteiger partial charge in [0.05, 0.1) is 17.2 Å². The predicted octanol–water partition coefficient (Wildman–Crippen LogP) is 7.18. The van der Waals surface area contributed by atoms with E-state index in [1.165, 1.54) is 4.90 Å². The molecule has 0 aliphatic carbocycles. The minimum atomic E-state index is -0.331. The third-order valence-electron chi connectivity index (χ3n) is 5.26. The summed E-state index contributed by atoms with van der Waals surface area (Å²) >= 11 is 6.88. The fourth-order valence-electron chi connectivity index (χ4n) is 3.63. The van der Waals surface area contributed by atoms with Gasteiger partial charge in [0.1, 0.15) is 6.61 Å². The molecule has 0 atom stereocenters. The summed E-state index contributed by atoms with van der Waals surface area (Å²) < 4.78 is 11.7. The molecule has 1 aliphatic heterocycles. The van der Waals surface area contributed by atoms with Crippen LogP contribution in [0.2, 0.25) is 5.02 Å². The Labute approximate surface area is 208 Å². The van der Waals surface area contributed by atoms with E-state index in [2.05, 4.69) is 0 Å². The number of hydrogen-bond acceptors (Lipinski definition) is 5. The molecule has 1 heterocycles. The van der Waals surface area contributed by atoms with Crippen LogP contribution in [-0.2, 0) is 11.4 Å². The van der Waals surface area contributed by atoms with E-state index in [1.54, 1.807) is 12.1 Å². The largest absolute Gasteiger partial charge is 0.490 e. The zero-order chi connectivity index (χ0) is 24.2. The number of anilines is 1. The van der Waals surface area contributed by atoms with E-state index in [9.17, 15) is 9.59 Å². The summed E-state index contributed by atoms with van der Waals surface area (Å²) in [6, 6.07) is 18.6. The van der Waals surface area contributed by atoms with Crippen LogP contribution in [0.15, 0.2) is 65.6 Å². The molecule has 1 fully saturated rings. The molecule has 0 unspecified atom stereocenters. The van der Waals surface area contributed by atoms with Crippen molar-refractivity contribution in [2.45, 2.75) is 27.4 Å². The Morgan fingerprint density at radius 2 is 1.71 bits per heavy atom. The molecule has 174 valence electrons. The van der Waals surface area contributed by atoms with Crippen molar-refractivity contribution in [1.29, 1.82) is 0 Å². The molecule has 5 nitrogen and oxygen atoms in total. The smallest absolute Gasteiger partial charge is 0.298 e. The molecular weight excluding hydrogens is 470 g/mol. The number of carbonyl (C=O) groups is 2. The Kier molecular flexibility index (Phi) is 7.29. The molecule has 1 aliphatic rings. The topological polar surface area (TPSA) is 55.8 Å². The first kappa shape index (κ1) is 23.9. The quantitative estimate of drug-likeness (QED) is 0.326. The zero-order valence-corrected chi connectivity index (χ0v) is 20.7. The average molecular weight is 494 g/mol. The zero-order valence-electron chi connectivity index (χ0n) is 19.1. The summed E-state index contributed by atoms with van der Waals surface area (Å²) in [5.74, 6) is 0.833. The Balaban J connectivity index is 1.56. The second-order valence-electron chi connectivity index (χ2n) is 7.86. The third-order valence-corrected chi connectivity index (χ3v) is 6.38. The van der Waals surface area contributed by atoms with Gasteiger partial charge in [0, 0.05) is 5.02 Å². The van der Waals surface area contributed by atoms with Gasteiger partial charge in [-0.1, -0.05) is 47.5 Å². The van der Waals surface area contributed by atoms with Crippen LogP contribution in [0.4, 0.5) is 10.5 Å². The minimum absolute atomic E-state index is 0.309. The maximum Gasteiger partial charge on any atom is 0.298 e. The maximum atomic E-state index is 13.1. The van der Waals surface area contributed by atoms with Gasteiger partial charge in [-0.2, -0.15) is 0 Å². The number of benzene rings is 3. The molecule has 3 aromatic rings. The summed E-state index contributed by atoms with van der Waals surface area (Å²) in [6.45, 7) is 6.59. The number of halogens is 1. The molecule has 0 N–H and O–H groups in total. The number of amides is 2. The van der Waals surface area contributed by atoms with Gasteiger partial charge in [0.2, 0.25) is 0 Å². The number of rotatable bonds is 7. The highest BCUT2D eigenvalue weighted by Gasteiger charge is 2.37. The fourth-order valence-corrected chi connectivity index (χ4v) is 4.59. The Bertz CT molecular complexity index is 1270. The standard InChI is InChI=1S/C27H24ClNO4S/c1-4-32-24-14-20(8-12-23(24)33-16-19-6-9-21(28)10-7-19)15-25-26(30)29(27(31)34-25)22-11-5-17(2)13-18(22)3/h5-15H,4,16H2,1-3H3/b25-15-. The molecule has 0 bridgehead atoms. The number of carbonyl (C=O) groups excluding carboxylic acids is 2. The highest BCUT2D eigenvalue weighted by atomic mass is 35.5. The summed E-state index contributed by atoms with van der Waals surface area (Å²) in [5, 5.41) is 0.362. The van der Waals surface area contributed by atoms with E-state index in [-0.39, 0.29) is 11.1 Å². The monoisotopic (exact) mass is 493 g/mol. The van der Waals surface area contributed by atoms with Gasteiger partial charge in [0.15, 0.2) is 11.5 Å². The normalized spacial score (nSPS) is 14.7. The van der Waals surface area contributed by atoms with Gasteiger partial charge >= 0.3 is 0 Å². The molecule has 0 aromatic heterocycles. The van der Waals surface area contributed by atoms with Crippen LogP contribution in [-0.4, -0.2) is 17.8 Å². The molecule has 7 heteroatoms. The Hall–Kier alpha value is -3.22. The maximum absolute atomic E-state index is 13.1. The van der Waals surface area contributed by atoms with Crippen LogP contribution in [0.1, 0.15) is 29.2 Å². The molecule has 2 amide bonds. The fraction of sp³-hybridized carbons (Fsp3) is 0.185. The number of aryl methyl sites for hydroxylation is 2. The first-order valence-corrected chi connectivity index (χ1v) is 12.0. The predicted molar refractivity (Wildman–Crippen MR) is 138 cm³/mol. The van der Waals surface area contributed by atoms with E-state index >= 15 is 0 Å². The number of hydrogen-bond donors (Lipinski definition) is 0. The molecule has 1 saturated heterocycles. The van der Waals surface area contributed by atoms with Crippen molar-refractivity contribution in [3.8, 4) is 11.5 Å². The average Bonchev–Trinajstić information content (AvgIpc) is 3.07. The van der Waals surface area contributed by atoms with Gasteiger partial charge < -0.3 is 9.47 Å². The van der Waals surface area contributed by atoms with Crippen molar-refractivity contribution in [3.63, 3.8) is 0 Å². The summed E-state index contributed by atoms with van der Waals surface area (Å²) in [7, 11) is 0. The van der Waals surface area contributed by atoms with Crippen LogP contribution in [0.5, 0.6) is 11.5 Å². The molecule has 0 saturated carbocycles. The van der Waals surface area contributed by atoms with E-state index in [0.29, 0.717) is 40.3 Å². The van der Waals surface area contributed by atoms with Crippen LogP contribution in [0.3, 0.4) is 0 Å². The molecule has 0 spiro atoms. The lowest BCUT2D eigenvalue weighted by molar-refractivity contribution is -0.113. The lowest BCUT2D eigenvalue weighted by Gasteiger charge is -2.15. The van der Waals surface area contributed by atoms with Gasteiger partial charge in [-0.25, -0.2) is 4.90 Å². The minimum Gasteiger partial charge on any atom is -0.490 e. The molecular formula is C27H24ClNO4S.